The van der Waals surface area contributed by atoms with Gasteiger partial charge in [0.15, 0.2) is 0 Å². The molecule has 3 rings (SSSR count). The Labute approximate surface area is 74.5 Å². The van der Waals surface area contributed by atoms with Crippen LogP contribution in [-0.2, 0) is 4.74 Å². The summed E-state index contributed by atoms with van der Waals surface area (Å²) in [7, 11) is 1.90. The fourth-order valence-electron chi connectivity index (χ4n) is 4.29. The van der Waals surface area contributed by atoms with E-state index in [4.69, 9.17) is 4.74 Å². The largest absolute Gasteiger partial charge is 0.381 e. The summed E-state index contributed by atoms with van der Waals surface area (Å²) >= 11 is 0. The van der Waals surface area contributed by atoms with Crippen molar-refractivity contribution < 1.29 is 4.74 Å². The lowest BCUT2D eigenvalue weighted by molar-refractivity contribution is 0.0403. The third-order valence-corrected chi connectivity index (χ3v) is 4.67. The van der Waals surface area contributed by atoms with E-state index in [1.807, 2.05) is 7.11 Å². The van der Waals surface area contributed by atoms with Crippen molar-refractivity contribution in [2.24, 2.45) is 23.7 Å². The number of methoxy groups -OCH3 is 1. The lowest BCUT2D eigenvalue weighted by atomic mass is 9.81. The highest BCUT2D eigenvalue weighted by Crippen LogP contribution is 2.59. The quantitative estimate of drug-likeness (QED) is 0.581. The molecule has 1 heteroatoms. The topological polar surface area (TPSA) is 9.23 Å². The van der Waals surface area contributed by atoms with Crippen LogP contribution in [0, 0.1) is 23.7 Å². The molecule has 0 saturated heterocycles. The Morgan fingerprint density at radius 3 is 2.67 bits per heavy atom. The molecule has 0 aromatic carbocycles. The van der Waals surface area contributed by atoms with Gasteiger partial charge < -0.3 is 4.74 Å². The zero-order valence-electron chi connectivity index (χ0n) is 7.83. The van der Waals surface area contributed by atoms with Crippen molar-refractivity contribution in [3.05, 3.63) is 0 Å². The van der Waals surface area contributed by atoms with Crippen molar-refractivity contribution in [3.8, 4) is 0 Å². The molecule has 0 amide bonds. The summed E-state index contributed by atoms with van der Waals surface area (Å²) < 4.78 is 5.58. The zero-order chi connectivity index (χ0) is 8.13. The molecule has 68 valence electrons. The monoisotopic (exact) mass is 166 g/mol. The Balaban J connectivity index is 1.85. The molecule has 1 nitrogen and oxygen atoms in total. The Kier molecular flexibility index (Phi) is 1.52. The summed E-state index contributed by atoms with van der Waals surface area (Å²) in [6, 6.07) is 0. The molecule has 0 radical (unpaired) electrons. The third kappa shape index (κ3) is 0.783. The summed E-state index contributed by atoms with van der Waals surface area (Å²) in [5, 5.41) is 0. The van der Waals surface area contributed by atoms with Crippen molar-refractivity contribution in [1.29, 1.82) is 0 Å². The first-order valence-corrected chi connectivity index (χ1v) is 5.43. The normalized spacial score (nSPS) is 56.2. The average Bonchev–Trinajstić information content (AvgIpc) is 2.76. The highest BCUT2D eigenvalue weighted by atomic mass is 16.5. The molecular weight excluding hydrogens is 148 g/mol. The van der Waals surface area contributed by atoms with Gasteiger partial charge in [-0.3, -0.25) is 0 Å². The van der Waals surface area contributed by atoms with Crippen molar-refractivity contribution in [2.75, 3.05) is 7.11 Å². The summed E-state index contributed by atoms with van der Waals surface area (Å²) in [5.74, 6) is 4.18. The van der Waals surface area contributed by atoms with Crippen LogP contribution >= 0.6 is 0 Å². The van der Waals surface area contributed by atoms with E-state index in [0.29, 0.717) is 6.10 Å². The first-order valence-electron chi connectivity index (χ1n) is 5.43. The van der Waals surface area contributed by atoms with Gasteiger partial charge in [0, 0.05) is 7.11 Å². The number of hydrogen-bond acceptors (Lipinski definition) is 1. The molecule has 3 aliphatic rings. The molecule has 3 saturated carbocycles. The summed E-state index contributed by atoms with van der Waals surface area (Å²) in [6.45, 7) is 0. The minimum atomic E-state index is 0.630. The van der Waals surface area contributed by atoms with Crippen LogP contribution < -0.4 is 0 Å². The molecule has 0 aromatic heterocycles. The SMILES string of the molecule is CO[C@H]1CC[C@@H]2[C@@H]3CC[C@H](C3)[C@@H]21. The van der Waals surface area contributed by atoms with Crippen molar-refractivity contribution in [1.82, 2.24) is 0 Å². The van der Waals surface area contributed by atoms with Crippen LogP contribution in [0.25, 0.3) is 0 Å². The van der Waals surface area contributed by atoms with E-state index in [0.717, 1.165) is 23.7 Å². The van der Waals surface area contributed by atoms with E-state index in [2.05, 4.69) is 0 Å². The third-order valence-electron chi connectivity index (χ3n) is 4.67. The molecular formula is C11H18O. The van der Waals surface area contributed by atoms with Crippen LogP contribution in [0.5, 0.6) is 0 Å². The molecule has 0 N–H and O–H groups in total. The van der Waals surface area contributed by atoms with Gasteiger partial charge in [0.1, 0.15) is 0 Å². The Morgan fingerprint density at radius 1 is 1.00 bits per heavy atom. The molecule has 3 aliphatic carbocycles. The lowest BCUT2D eigenvalue weighted by Crippen LogP contribution is -2.26. The van der Waals surface area contributed by atoms with Gasteiger partial charge in [-0.2, -0.15) is 0 Å². The van der Waals surface area contributed by atoms with Gasteiger partial charge in [0.25, 0.3) is 0 Å². The van der Waals surface area contributed by atoms with Gasteiger partial charge in [-0.1, -0.05) is 0 Å². The van der Waals surface area contributed by atoms with E-state index in [1.165, 1.54) is 32.1 Å². The number of rotatable bonds is 1. The highest BCUT2D eigenvalue weighted by Gasteiger charge is 2.53. The summed E-state index contributed by atoms with van der Waals surface area (Å²) in [6.07, 6.45) is 8.01. The molecule has 0 aromatic rings. The van der Waals surface area contributed by atoms with Crippen LogP contribution in [0.4, 0.5) is 0 Å². The van der Waals surface area contributed by atoms with Crippen molar-refractivity contribution in [2.45, 2.75) is 38.2 Å². The van der Waals surface area contributed by atoms with Crippen molar-refractivity contribution >= 4 is 0 Å². The van der Waals surface area contributed by atoms with Gasteiger partial charge in [-0.25, -0.2) is 0 Å². The standard InChI is InChI=1S/C11H18O/c1-12-10-5-4-9-7-2-3-8(6-7)11(9)10/h7-11H,2-6H2,1H3/t7-,8-,9-,10+,11+/m1/s1. The van der Waals surface area contributed by atoms with Crippen LogP contribution in [0.15, 0.2) is 0 Å². The molecule has 0 aliphatic heterocycles. The van der Waals surface area contributed by atoms with Gasteiger partial charge in [-0.15, -0.1) is 0 Å². The minimum Gasteiger partial charge on any atom is -0.381 e. The van der Waals surface area contributed by atoms with E-state index in [-0.39, 0.29) is 0 Å². The lowest BCUT2D eigenvalue weighted by Gasteiger charge is -2.27. The second kappa shape index (κ2) is 2.47. The van der Waals surface area contributed by atoms with Gasteiger partial charge in [0.05, 0.1) is 6.10 Å². The maximum Gasteiger partial charge on any atom is 0.0605 e. The predicted octanol–water partition coefficient (Wildman–Crippen LogP) is 2.46. The maximum atomic E-state index is 5.58. The average molecular weight is 166 g/mol. The molecule has 0 unspecified atom stereocenters. The Hall–Kier alpha value is -0.0400. The minimum absolute atomic E-state index is 0.630. The van der Waals surface area contributed by atoms with Gasteiger partial charge in [0.2, 0.25) is 0 Å². The smallest absolute Gasteiger partial charge is 0.0605 e. The summed E-state index contributed by atoms with van der Waals surface area (Å²) in [4.78, 5) is 0. The fraction of sp³-hybridized carbons (Fsp3) is 1.00. The molecule has 0 spiro atoms. The second-order valence-corrected chi connectivity index (χ2v) is 4.93. The molecule has 0 heterocycles. The highest BCUT2D eigenvalue weighted by molar-refractivity contribution is 5.02. The Bertz CT molecular complexity index is 187. The first kappa shape index (κ1) is 7.37. The zero-order valence-corrected chi connectivity index (χ0v) is 7.83. The summed E-state index contributed by atoms with van der Waals surface area (Å²) in [5.41, 5.74) is 0. The molecule has 3 fully saturated rings. The van der Waals surface area contributed by atoms with Gasteiger partial charge in [-0.05, 0) is 55.8 Å². The molecule has 12 heavy (non-hydrogen) atoms. The Morgan fingerprint density at radius 2 is 1.83 bits per heavy atom. The predicted molar refractivity (Wildman–Crippen MR) is 47.8 cm³/mol. The van der Waals surface area contributed by atoms with E-state index < -0.39 is 0 Å². The van der Waals surface area contributed by atoms with Crippen LogP contribution in [0.2, 0.25) is 0 Å². The van der Waals surface area contributed by atoms with Gasteiger partial charge >= 0.3 is 0 Å². The number of fused-ring (bicyclic) bond motifs is 5. The van der Waals surface area contributed by atoms with Crippen molar-refractivity contribution in [3.63, 3.8) is 0 Å². The molecule has 2 bridgehead atoms. The molecule has 5 atom stereocenters. The van der Waals surface area contributed by atoms with E-state index in [1.54, 1.807) is 0 Å². The number of hydrogen-bond donors (Lipinski definition) is 0. The van der Waals surface area contributed by atoms with E-state index in [9.17, 15) is 0 Å². The maximum absolute atomic E-state index is 5.58. The van der Waals surface area contributed by atoms with Crippen LogP contribution in [0.3, 0.4) is 0 Å². The second-order valence-electron chi connectivity index (χ2n) is 4.93. The van der Waals surface area contributed by atoms with E-state index >= 15 is 0 Å². The fourth-order valence-corrected chi connectivity index (χ4v) is 4.29. The van der Waals surface area contributed by atoms with Crippen LogP contribution in [-0.4, -0.2) is 13.2 Å². The van der Waals surface area contributed by atoms with Crippen LogP contribution in [0.1, 0.15) is 32.1 Å². The number of ether oxygens (including phenoxy) is 1. The first-order chi connectivity index (χ1) is 5.90.